The third-order valence-electron chi connectivity index (χ3n) is 5.52. The van der Waals surface area contributed by atoms with Gasteiger partial charge < -0.3 is 15.4 Å². The molecule has 2 N–H and O–H groups in total. The van der Waals surface area contributed by atoms with Crippen molar-refractivity contribution in [1.29, 1.82) is 0 Å². The fraction of sp³-hybridized carbons (Fsp3) is 0.333. The summed E-state index contributed by atoms with van der Waals surface area (Å²) in [6.45, 7) is 7.10. The Bertz CT molecular complexity index is 1150. The SMILES string of the molecule is CCc1ncnc(-c2ccc(C(=O)N3CCOC(C)(C)C3)c(F)c2)c1-c1ccc(N)nc1. The number of carbonyl (C=O) groups excluding carboxylic acids is 1. The standard InChI is InChI=1S/C24H26FN5O2/c1-4-19-21(16-6-8-20(26)27-12-16)22(29-14-28-19)15-5-7-17(18(25)11-15)23(31)30-9-10-32-24(2,3)13-30/h5-8,11-12,14H,4,9-10,13H2,1-3H3,(H2,26,27). The maximum absolute atomic E-state index is 15.2. The van der Waals surface area contributed by atoms with Gasteiger partial charge in [0.1, 0.15) is 18.0 Å². The first-order chi connectivity index (χ1) is 15.3. The minimum absolute atomic E-state index is 0.0342. The van der Waals surface area contributed by atoms with Crippen LogP contribution in [-0.4, -0.2) is 51.1 Å². The van der Waals surface area contributed by atoms with E-state index in [1.165, 1.54) is 18.5 Å². The van der Waals surface area contributed by atoms with Crippen molar-refractivity contribution in [3.63, 3.8) is 0 Å². The molecule has 1 saturated heterocycles. The van der Waals surface area contributed by atoms with Gasteiger partial charge in [-0.1, -0.05) is 13.0 Å². The molecule has 8 heteroatoms. The average Bonchev–Trinajstić information content (AvgIpc) is 2.78. The van der Waals surface area contributed by atoms with Crippen molar-refractivity contribution >= 4 is 11.7 Å². The van der Waals surface area contributed by atoms with Gasteiger partial charge in [-0.25, -0.2) is 19.3 Å². The van der Waals surface area contributed by atoms with Gasteiger partial charge >= 0.3 is 0 Å². The van der Waals surface area contributed by atoms with Crippen LogP contribution in [0.5, 0.6) is 0 Å². The van der Waals surface area contributed by atoms with Crippen LogP contribution in [0.2, 0.25) is 0 Å². The Labute approximate surface area is 186 Å². The van der Waals surface area contributed by atoms with Crippen LogP contribution in [0.3, 0.4) is 0 Å². The van der Waals surface area contributed by atoms with Crippen molar-refractivity contribution in [2.75, 3.05) is 25.4 Å². The van der Waals surface area contributed by atoms with E-state index < -0.39 is 11.4 Å². The second-order valence-electron chi connectivity index (χ2n) is 8.40. The van der Waals surface area contributed by atoms with Crippen molar-refractivity contribution in [3.05, 3.63) is 59.9 Å². The quantitative estimate of drug-likeness (QED) is 0.671. The van der Waals surface area contributed by atoms with E-state index in [1.54, 1.807) is 23.2 Å². The third kappa shape index (κ3) is 4.31. The molecule has 1 aliphatic heterocycles. The predicted molar refractivity (Wildman–Crippen MR) is 120 cm³/mol. The molecular formula is C24H26FN5O2. The van der Waals surface area contributed by atoms with E-state index in [4.69, 9.17) is 10.5 Å². The monoisotopic (exact) mass is 435 g/mol. The number of ether oxygens (including phenoxy) is 1. The lowest BCUT2D eigenvalue weighted by atomic mass is 9.96. The number of amides is 1. The van der Waals surface area contributed by atoms with Crippen LogP contribution in [0.25, 0.3) is 22.4 Å². The van der Waals surface area contributed by atoms with Gasteiger partial charge in [-0.15, -0.1) is 0 Å². The molecule has 0 radical (unpaired) electrons. The summed E-state index contributed by atoms with van der Waals surface area (Å²) in [4.78, 5) is 27.6. The Morgan fingerprint density at radius 1 is 1.19 bits per heavy atom. The van der Waals surface area contributed by atoms with Gasteiger partial charge in [0.05, 0.1) is 29.2 Å². The van der Waals surface area contributed by atoms with Gasteiger partial charge in [-0.05, 0) is 44.5 Å². The number of benzene rings is 1. The molecule has 0 bridgehead atoms. The smallest absolute Gasteiger partial charge is 0.257 e. The average molecular weight is 436 g/mol. The maximum atomic E-state index is 15.2. The van der Waals surface area contributed by atoms with E-state index >= 15 is 4.39 Å². The molecule has 1 aliphatic rings. The maximum Gasteiger partial charge on any atom is 0.257 e. The number of hydrogen-bond donors (Lipinski definition) is 1. The largest absolute Gasteiger partial charge is 0.384 e. The van der Waals surface area contributed by atoms with Crippen LogP contribution in [0, 0.1) is 5.82 Å². The number of aryl methyl sites for hydroxylation is 1. The molecule has 1 aromatic carbocycles. The van der Waals surface area contributed by atoms with Crippen molar-refractivity contribution in [3.8, 4) is 22.4 Å². The fourth-order valence-electron chi connectivity index (χ4n) is 3.96. The Hall–Kier alpha value is -3.39. The molecule has 3 aromatic rings. The summed E-state index contributed by atoms with van der Waals surface area (Å²) in [6.07, 6.45) is 3.79. The Morgan fingerprint density at radius 2 is 1.97 bits per heavy atom. The topological polar surface area (TPSA) is 94.2 Å². The fourth-order valence-corrected chi connectivity index (χ4v) is 3.96. The molecule has 0 spiro atoms. The molecular weight excluding hydrogens is 409 g/mol. The van der Waals surface area contributed by atoms with Crippen molar-refractivity contribution in [2.45, 2.75) is 32.8 Å². The number of halogens is 1. The van der Waals surface area contributed by atoms with Crippen LogP contribution >= 0.6 is 0 Å². The highest BCUT2D eigenvalue weighted by Gasteiger charge is 2.31. The van der Waals surface area contributed by atoms with Crippen LogP contribution in [0.1, 0.15) is 36.8 Å². The molecule has 1 amide bonds. The summed E-state index contributed by atoms with van der Waals surface area (Å²) in [5.74, 6) is -0.523. The zero-order valence-electron chi connectivity index (χ0n) is 18.4. The van der Waals surface area contributed by atoms with Gasteiger partial charge in [0, 0.05) is 36.0 Å². The third-order valence-corrected chi connectivity index (χ3v) is 5.52. The Morgan fingerprint density at radius 3 is 2.62 bits per heavy atom. The van der Waals surface area contributed by atoms with Crippen LogP contribution < -0.4 is 5.73 Å². The Kier molecular flexibility index (Phi) is 5.88. The number of nitrogen functional groups attached to an aromatic ring is 1. The van der Waals surface area contributed by atoms with Crippen LogP contribution in [-0.2, 0) is 11.2 Å². The van der Waals surface area contributed by atoms with Gasteiger partial charge in [-0.2, -0.15) is 0 Å². The number of aromatic nitrogens is 3. The van der Waals surface area contributed by atoms with Crippen molar-refractivity contribution in [2.24, 2.45) is 0 Å². The first-order valence-electron chi connectivity index (χ1n) is 10.6. The number of morpholine rings is 1. The van der Waals surface area contributed by atoms with Crippen LogP contribution in [0.4, 0.5) is 10.2 Å². The van der Waals surface area contributed by atoms with E-state index in [9.17, 15) is 4.79 Å². The highest BCUT2D eigenvalue weighted by molar-refractivity contribution is 5.95. The molecule has 0 atom stereocenters. The molecule has 1 fully saturated rings. The van der Waals surface area contributed by atoms with Gasteiger partial charge in [0.15, 0.2) is 0 Å². The van der Waals surface area contributed by atoms with E-state index in [2.05, 4.69) is 15.0 Å². The van der Waals surface area contributed by atoms with Crippen molar-refractivity contribution in [1.82, 2.24) is 19.9 Å². The highest BCUT2D eigenvalue weighted by atomic mass is 19.1. The summed E-state index contributed by atoms with van der Waals surface area (Å²) in [6, 6.07) is 8.15. The number of nitrogens with zero attached hydrogens (tertiary/aromatic N) is 4. The molecule has 0 saturated carbocycles. The molecule has 32 heavy (non-hydrogen) atoms. The molecule has 4 rings (SSSR count). The first-order valence-corrected chi connectivity index (χ1v) is 10.6. The minimum Gasteiger partial charge on any atom is -0.384 e. The summed E-state index contributed by atoms with van der Waals surface area (Å²) in [5.41, 5.74) is 8.84. The lowest BCUT2D eigenvalue weighted by molar-refractivity contribution is -0.0764. The zero-order valence-corrected chi connectivity index (χ0v) is 18.4. The minimum atomic E-state index is -0.588. The van der Waals surface area contributed by atoms with E-state index in [0.29, 0.717) is 43.2 Å². The predicted octanol–water partition coefficient (Wildman–Crippen LogP) is 3.74. The lowest BCUT2D eigenvalue weighted by Gasteiger charge is -2.38. The van der Waals surface area contributed by atoms with Gasteiger partial charge in [0.25, 0.3) is 5.91 Å². The summed E-state index contributed by atoms with van der Waals surface area (Å²) < 4.78 is 20.8. The van der Waals surface area contributed by atoms with Gasteiger partial charge in [0.2, 0.25) is 0 Å². The normalized spacial score (nSPS) is 15.6. The van der Waals surface area contributed by atoms with Crippen molar-refractivity contribution < 1.29 is 13.9 Å². The number of rotatable bonds is 4. The summed E-state index contributed by atoms with van der Waals surface area (Å²) in [7, 11) is 0. The number of carbonyl (C=O) groups is 1. The second kappa shape index (κ2) is 8.63. The molecule has 2 aromatic heterocycles. The van der Waals surface area contributed by atoms with E-state index in [-0.39, 0.29) is 11.5 Å². The first kappa shape index (κ1) is 21.8. The number of anilines is 1. The molecule has 3 heterocycles. The second-order valence-corrected chi connectivity index (χ2v) is 8.40. The van der Waals surface area contributed by atoms with E-state index in [0.717, 1.165) is 16.8 Å². The highest BCUT2D eigenvalue weighted by Crippen LogP contribution is 2.33. The lowest BCUT2D eigenvalue weighted by Crippen LogP contribution is -2.50. The molecule has 7 nitrogen and oxygen atoms in total. The zero-order chi connectivity index (χ0) is 22.9. The molecule has 0 aliphatic carbocycles. The summed E-state index contributed by atoms with van der Waals surface area (Å²) >= 11 is 0. The Balaban J connectivity index is 1.72. The molecule has 166 valence electrons. The van der Waals surface area contributed by atoms with E-state index in [1.807, 2.05) is 26.8 Å². The number of hydrogen-bond acceptors (Lipinski definition) is 6. The molecule has 0 unspecified atom stereocenters. The summed E-state index contributed by atoms with van der Waals surface area (Å²) in [5, 5.41) is 0. The van der Waals surface area contributed by atoms with Gasteiger partial charge in [-0.3, -0.25) is 4.79 Å². The number of nitrogens with two attached hydrogens (primary N) is 1. The van der Waals surface area contributed by atoms with Crippen LogP contribution in [0.15, 0.2) is 42.9 Å². The number of pyridine rings is 1.